The van der Waals surface area contributed by atoms with Gasteiger partial charge in [0.15, 0.2) is 0 Å². The first-order chi connectivity index (χ1) is 18.9. The van der Waals surface area contributed by atoms with E-state index >= 15 is 0 Å². The van der Waals surface area contributed by atoms with Gasteiger partial charge >= 0.3 is 6.09 Å². The minimum atomic E-state index is -1.24. The van der Waals surface area contributed by atoms with E-state index in [4.69, 9.17) is 11.2 Å². The minimum absolute atomic E-state index is 0.0252. The van der Waals surface area contributed by atoms with Crippen LogP contribution in [0.15, 0.2) is 54.6 Å². The average molecular weight is 549 g/mol. The van der Waals surface area contributed by atoms with Crippen LogP contribution in [0.5, 0.6) is 5.75 Å². The van der Waals surface area contributed by atoms with Crippen molar-refractivity contribution in [2.24, 2.45) is 5.41 Å². The second-order valence-corrected chi connectivity index (χ2v) is 10.5. The minimum Gasteiger partial charge on any atom is -0.410 e. The quantitative estimate of drug-likeness (QED) is 0.355. The van der Waals surface area contributed by atoms with E-state index < -0.39 is 47.6 Å². The number of rotatable bonds is 9. The second kappa shape index (κ2) is 13.1. The highest BCUT2D eigenvalue weighted by Gasteiger charge is 2.46. The molecule has 0 spiro atoms. The standard InChI is InChI=1S/C30H36N4O6/c1-6-20-12-14-21(15-13-20)19(2)32-27(37)24-16-22(35)18-34(24)28(38)26(30(3,4)17-25(36)31-5)33-29(39)40-23-10-8-7-9-11-23/h1,7-15,19,22,24,26,35H,16-18H2,2-5H3,(H,31,36)(H,32,37)(H,33,39)/t19-,22+,24-,26+/m0/s1. The highest BCUT2D eigenvalue weighted by atomic mass is 16.6. The Balaban J connectivity index is 1.82. The van der Waals surface area contributed by atoms with E-state index in [9.17, 15) is 24.3 Å². The number of nitrogens with one attached hydrogen (secondary N) is 3. The van der Waals surface area contributed by atoms with Gasteiger partial charge in [0.2, 0.25) is 17.7 Å². The molecule has 4 amide bonds. The Bertz CT molecular complexity index is 1260. The number of likely N-dealkylation sites (tertiary alicyclic amines) is 1. The monoisotopic (exact) mass is 548 g/mol. The van der Waals surface area contributed by atoms with Crippen LogP contribution in [0.25, 0.3) is 0 Å². The summed E-state index contributed by atoms with van der Waals surface area (Å²) in [4.78, 5) is 53.7. The number of hydrogen-bond donors (Lipinski definition) is 4. The Hall–Kier alpha value is -4.36. The van der Waals surface area contributed by atoms with E-state index in [1.807, 2.05) is 12.1 Å². The molecule has 10 nitrogen and oxygen atoms in total. The lowest BCUT2D eigenvalue weighted by Crippen LogP contribution is -2.59. The predicted octanol–water partition coefficient (Wildman–Crippen LogP) is 2.13. The SMILES string of the molecule is C#Cc1ccc([C@H](C)NC(=O)[C@@H]2C[C@@H](O)CN2C(=O)[C@@H](NC(=O)Oc2ccccc2)C(C)(C)CC(=O)NC)cc1. The Kier molecular flexibility index (Phi) is 9.91. The van der Waals surface area contributed by atoms with Crippen molar-refractivity contribution in [3.63, 3.8) is 0 Å². The molecule has 1 heterocycles. The van der Waals surface area contributed by atoms with Crippen LogP contribution in [0.2, 0.25) is 0 Å². The Morgan fingerprint density at radius 3 is 2.35 bits per heavy atom. The van der Waals surface area contributed by atoms with Crippen LogP contribution in [0, 0.1) is 17.8 Å². The van der Waals surface area contributed by atoms with Crippen molar-refractivity contribution in [1.82, 2.24) is 20.9 Å². The van der Waals surface area contributed by atoms with Gasteiger partial charge in [0.1, 0.15) is 17.8 Å². The molecule has 4 N–H and O–H groups in total. The van der Waals surface area contributed by atoms with Crippen molar-refractivity contribution in [3.05, 3.63) is 65.7 Å². The third kappa shape index (κ3) is 7.61. The number of para-hydroxylation sites is 1. The normalized spacial score (nSPS) is 18.1. The molecule has 212 valence electrons. The molecule has 4 atom stereocenters. The number of aliphatic hydroxyl groups excluding tert-OH is 1. The van der Waals surface area contributed by atoms with Gasteiger partial charge in [-0.1, -0.05) is 50.1 Å². The molecule has 0 saturated carbocycles. The van der Waals surface area contributed by atoms with Crippen LogP contribution < -0.4 is 20.7 Å². The number of amides is 4. The largest absolute Gasteiger partial charge is 0.413 e. The number of carbonyl (C=O) groups excluding carboxylic acids is 4. The van der Waals surface area contributed by atoms with Crippen LogP contribution in [0.3, 0.4) is 0 Å². The first-order valence-corrected chi connectivity index (χ1v) is 13.0. The smallest absolute Gasteiger partial charge is 0.410 e. The summed E-state index contributed by atoms with van der Waals surface area (Å²) in [5.41, 5.74) is 0.452. The third-order valence-corrected chi connectivity index (χ3v) is 6.94. The van der Waals surface area contributed by atoms with Gasteiger partial charge in [-0.25, -0.2) is 4.79 Å². The molecule has 1 fully saturated rings. The first kappa shape index (κ1) is 30.2. The van der Waals surface area contributed by atoms with E-state index in [-0.39, 0.29) is 31.0 Å². The number of aliphatic hydroxyl groups is 1. The van der Waals surface area contributed by atoms with E-state index in [2.05, 4.69) is 21.9 Å². The number of β-amino-alcohol motifs (C(OH)–C–C–N with tert-alkyl or cyclic N) is 1. The van der Waals surface area contributed by atoms with Gasteiger partial charge < -0.3 is 30.7 Å². The molecule has 2 aromatic carbocycles. The van der Waals surface area contributed by atoms with Crippen molar-refractivity contribution < 1.29 is 29.0 Å². The third-order valence-electron chi connectivity index (χ3n) is 6.94. The van der Waals surface area contributed by atoms with Crippen LogP contribution in [0.4, 0.5) is 4.79 Å². The number of benzene rings is 2. The van der Waals surface area contributed by atoms with Crippen LogP contribution in [0.1, 0.15) is 50.8 Å². The maximum atomic E-state index is 14.0. The summed E-state index contributed by atoms with van der Waals surface area (Å²) in [5, 5.41) is 18.5. The first-order valence-electron chi connectivity index (χ1n) is 13.0. The molecule has 0 unspecified atom stereocenters. The molecule has 0 radical (unpaired) electrons. The summed E-state index contributed by atoms with van der Waals surface area (Å²) in [6, 6.07) is 12.9. The second-order valence-electron chi connectivity index (χ2n) is 10.5. The summed E-state index contributed by atoms with van der Waals surface area (Å²) < 4.78 is 5.34. The van der Waals surface area contributed by atoms with Crippen molar-refractivity contribution in [2.75, 3.05) is 13.6 Å². The molecule has 40 heavy (non-hydrogen) atoms. The average Bonchev–Trinajstić information content (AvgIpc) is 3.33. The maximum absolute atomic E-state index is 14.0. The Labute approximate surface area is 234 Å². The molecule has 0 bridgehead atoms. The molecule has 1 saturated heterocycles. The Morgan fingerprint density at radius 1 is 1.10 bits per heavy atom. The zero-order chi connectivity index (χ0) is 29.4. The molecular weight excluding hydrogens is 512 g/mol. The van der Waals surface area contributed by atoms with Gasteiger partial charge in [0, 0.05) is 37.4 Å². The summed E-state index contributed by atoms with van der Waals surface area (Å²) in [6.07, 6.45) is 3.52. The lowest BCUT2D eigenvalue weighted by Gasteiger charge is -2.37. The molecule has 10 heteroatoms. The number of terminal acetylenes is 1. The van der Waals surface area contributed by atoms with E-state index in [0.29, 0.717) is 5.56 Å². The number of ether oxygens (including phenoxy) is 1. The number of nitrogens with zero attached hydrogens (tertiary/aromatic N) is 1. The van der Waals surface area contributed by atoms with Gasteiger partial charge in [-0.05, 0) is 36.8 Å². The summed E-state index contributed by atoms with van der Waals surface area (Å²) in [5.74, 6) is 1.42. The van der Waals surface area contributed by atoms with E-state index in [0.717, 1.165) is 5.56 Å². The van der Waals surface area contributed by atoms with Crippen molar-refractivity contribution in [2.45, 2.75) is 57.8 Å². The van der Waals surface area contributed by atoms with Gasteiger partial charge in [0.25, 0.3) is 0 Å². The molecule has 0 aliphatic carbocycles. The highest BCUT2D eigenvalue weighted by Crippen LogP contribution is 2.30. The fourth-order valence-corrected chi connectivity index (χ4v) is 4.67. The van der Waals surface area contributed by atoms with E-state index in [1.165, 1.54) is 11.9 Å². The topological polar surface area (TPSA) is 137 Å². The summed E-state index contributed by atoms with van der Waals surface area (Å²) in [6.45, 7) is 5.02. The molecule has 1 aliphatic heterocycles. The zero-order valence-electron chi connectivity index (χ0n) is 23.1. The van der Waals surface area contributed by atoms with Crippen molar-refractivity contribution in [1.29, 1.82) is 0 Å². The summed E-state index contributed by atoms with van der Waals surface area (Å²) >= 11 is 0. The zero-order valence-corrected chi connectivity index (χ0v) is 23.1. The fourth-order valence-electron chi connectivity index (χ4n) is 4.67. The maximum Gasteiger partial charge on any atom is 0.413 e. The highest BCUT2D eigenvalue weighted by molar-refractivity contribution is 5.93. The van der Waals surface area contributed by atoms with Crippen LogP contribution in [-0.4, -0.2) is 65.6 Å². The molecule has 0 aromatic heterocycles. The van der Waals surface area contributed by atoms with Crippen LogP contribution >= 0.6 is 0 Å². The van der Waals surface area contributed by atoms with Gasteiger partial charge in [-0.2, -0.15) is 0 Å². The number of carbonyl (C=O) groups is 4. The molecule has 3 rings (SSSR count). The summed E-state index contributed by atoms with van der Waals surface area (Å²) in [7, 11) is 1.48. The lowest BCUT2D eigenvalue weighted by atomic mass is 9.80. The molecular formula is C30H36N4O6. The van der Waals surface area contributed by atoms with Gasteiger partial charge in [-0.15, -0.1) is 6.42 Å². The molecule has 2 aromatic rings. The van der Waals surface area contributed by atoms with Crippen molar-refractivity contribution in [3.8, 4) is 18.1 Å². The van der Waals surface area contributed by atoms with Crippen molar-refractivity contribution >= 4 is 23.8 Å². The lowest BCUT2D eigenvalue weighted by molar-refractivity contribution is -0.143. The molecule has 1 aliphatic rings. The van der Waals surface area contributed by atoms with E-state index in [1.54, 1.807) is 63.2 Å². The fraction of sp³-hybridized carbons (Fsp3) is 0.400. The predicted molar refractivity (Wildman–Crippen MR) is 149 cm³/mol. The van der Waals surface area contributed by atoms with Gasteiger partial charge in [-0.3, -0.25) is 14.4 Å². The number of hydrogen-bond acceptors (Lipinski definition) is 6. The Morgan fingerprint density at radius 2 is 1.75 bits per heavy atom. The van der Waals surface area contributed by atoms with Gasteiger partial charge in [0.05, 0.1) is 12.1 Å². The van der Waals surface area contributed by atoms with Crippen LogP contribution in [-0.2, 0) is 14.4 Å².